The van der Waals surface area contributed by atoms with Gasteiger partial charge in [-0.3, -0.25) is 0 Å². The van der Waals surface area contributed by atoms with Gasteiger partial charge in [0.25, 0.3) is 0 Å². The highest BCUT2D eigenvalue weighted by molar-refractivity contribution is 5.11. The first-order chi connectivity index (χ1) is 5.83. The van der Waals surface area contributed by atoms with Gasteiger partial charge in [-0.05, 0) is 33.2 Å². The van der Waals surface area contributed by atoms with Crippen LogP contribution in [0.15, 0.2) is 0 Å². The average molecular weight is 169 g/mol. The summed E-state index contributed by atoms with van der Waals surface area (Å²) in [5.74, 6) is 0. The monoisotopic (exact) mass is 169 g/mol. The molecule has 1 N–H and O–H groups in total. The molecule has 0 aromatic heterocycles. The molecular formula is C10H19NO. The van der Waals surface area contributed by atoms with E-state index in [0.717, 1.165) is 12.6 Å². The lowest BCUT2D eigenvalue weighted by molar-refractivity contribution is -0.171. The van der Waals surface area contributed by atoms with Crippen LogP contribution in [0.25, 0.3) is 0 Å². The third-order valence-corrected chi connectivity index (χ3v) is 3.79. The van der Waals surface area contributed by atoms with Crippen LogP contribution in [-0.4, -0.2) is 25.8 Å². The summed E-state index contributed by atoms with van der Waals surface area (Å²) in [4.78, 5) is 0. The SMILES string of the molecule is CCO[C@@H]1C[C@@H](NC)C12CCC2. The van der Waals surface area contributed by atoms with Crippen LogP contribution in [0.1, 0.15) is 32.6 Å². The highest BCUT2D eigenvalue weighted by Gasteiger charge is 2.58. The Balaban J connectivity index is 1.94. The van der Waals surface area contributed by atoms with Crippen molar-refractivity contribution in [3.05, 3.63) is 0 Å². The molecule has 2 heteroatoms. The zero-order chi connectivity index (χ0) is 8.60. The Morgan fingerprint density at radius 1 is 1.50 bits per heavy atom. The zero-order valence-electron chi connectivity index (χ0n) is 8.10. The second kappa shape index (κ2) is 3.00. The number of hydrogen-bond donors (Lipinski definition) is 1. The molecule has 0 unspecified atom stereocenters. The molecule has 0 aliphatic heterocycles. The molecule has 2 nitrogen and oxygen atoms in total. The molecule has 12 heavy (non-hydrogen) atoms. The summed E-state index contributed by atoms with van der Waals surface area (Å²) in [5.41, 5.74) is 0.546. The van der Waals surface area contributed by atoms with Crippen LogP contribution in [0.3, 0.4) is 0 Å². The molecule has 0 aromatic carbocycles. The maximum atomic E-state index is 5.73. The van der Waals surface area contributed by atoms with Crippen LogP contribution in [-0.2, 0) is 4.74 Å². The average Bonchev–Trinajstić information content (AvgIpc) is 1.93. The van der Waals surface area contributed by atoms with Crippen LogP contribution >= 0.6 is 0 Å². The lowest BCUT2D eigenvalue weighted by Gasteiger charge is -2.61. The van der Waals surface area contributed by atoms with Gasteiger partial charge in [0.15, 0.2) is 0 Å². The first kappa shape index (κ1) is 8.52. The minimum atomic E-state index is 0.546. The number of ether oxygens (including phenoxy) is 1. The van der Waals surface area contributed by atoms with Crippen molar-refractivity contribution < 1.29 is 4.74 Å². The van der Waals surface area contributed by atoms with E-state index in [2.05, 4.69) is 19.3 Å². The Morgan fingerprint density at radius 2 is 2.25 bits per heavy atom. The first-order valence-electron chi connectivity index (χ1n) is 5.12. The normalized spacial score (nSPS) is 37.5. The summed E-state index contributed by atoms with van der Waals surface area (Å²) in [6.45, 7) is 2.97. The van der Waals surface area contributed by atoms with E-state index in [1.165, 1.54) is 25.7 Å². The maximum Gasteiger partial charge on any atom is 0.0661 e. The van der Waals surface area contributed by atoms with Crippen LogP contribution in [0.5, 0.6) is 0 Å². The first-order valence-corrected chi connectivity index (χ1v) is 5.12. The molecule has 0 radical (unpaired) electrons. The lowest BCUT2D eigenvalue weighted by atomic mass is 9.51. The molecule has 0 bridgehead atoms. The molecule has 1 spiro atoms. The van der Waals surface area contributed by atoms with E-state index >= 15 is 0 Å². The van der Waals surface area contributed by atoms with Crippen LogP contribution < -0.4 is 5.32 Å². The van der Waals surface area contributed by atoms with Gasteiger partial charge in [-0.15, -0.1) is 0 Å². The van der Waals surface area contributed by atoms with Gasteiger partial charge in [-0.25, -0.2) is 0 Å². The zero-order valence-corrected chi connectivity index (χ0v) is 8.10. The van der Waals surface area contributed by atoms with E-state index in [0.29, 0.717) is 11.5 Å². The van der Waals surface area contributed by atoms with Crippen molar-refractivity contribution in [3.8, 4) is 0 Å². The second-order valence-electron chi connectivity index (χ2n) is 4.11. The van der Waals surface area contributed by atoms with E-state index in [1.54, 1.807) is 0 Å². The number of nitrogens with one attached hydrogen (secondary N) is 1. The molecule has 2 saturated carbocycles. The molecule has 0 aromatic rings. The van der Waals surface area contributed by atoms with Gasteiger partial charge in [0.2, 0.25) is 0 Å². The Kier molecular flexibility index (Phi) is 2.13. The van der Waals surface area contributed by atoms with Crippen LogP contribution in [0, 0.1) is 5.41 Å². The quantitative estimate of drug-likeness (QED) is 0.692. The standard InChI is InChI=1S/C10H19NO/c1-3-12-9-7-8(11-2)10(9)5-4-6-10/h8-9,11H,3-7H2,1-2H3/t8-,9-/m1/s1. The van der Waals surface area contributed by atoms with E-state index in [4.69, 9.17) is 4.74 Å². The van der Waals surface area contributed by atoms with Crippen LogP contribution in [0.2, 0.25) is 0 Å². The minimum absolute atomic E-state index is 0.546. The van der Waals surface area contributed by atoms with Crippen molar-refractivity contribution in [3.63, 3.8) is 0 Å². The van der Waals surface area contributed by atoms with Crippen molar-refractivity contribution >= 4 is 0 Å². The van der Waals surface area contributed by atoms with E-state index in [1.807, 2.05) is 0 Å². The fraction of sp³-hybridized carbons (Fsp3) is 1.00. The smallest absolute Gasteiger partial charge is 0.0661 e. The molecule has 0 heterocycles. The van der Waals surface area contributed by atoms with Crippen molar-refractivity contribution in [1.29, 1.82) is 0 Å². The molecule has 2 aliphatic carbocycles. The topological polar surface area (TPSA) is 21.3 Å². The maximum absolute atomic E-state index is 5.73. The predicted molar refractivity (Wildman–Crippen MR) is 49.2 cm³/mol. The largest absolute Gasteiger partial charge is 0.378 e. The number of rotatable bonds is 3. The summed E-state index contributed by atoms with van der Waals surface area (Å²) >= 11 is 0. The van der Waals surface area contributed by atoms with Gasteiger partial charge in [0.1, 0.15) is 0 Å². The fourth-order valence-electron chi connectivity index (χ4n) is 2.84. The molecule has 70 valence electrons. The molecule has 2 aliphatic rings. The Bertz CT molecular complexity index is 165. The highest BCUT2D eigenvalue weighted by atomic mass is 16.5. The molecule has 2 atom stereocenters. The van der Waals surface area contributed by atoms with Crippen molar-refractivity contribution in [1.82, 2.24) is 5.32 Å². The molecule has 0 amide bonds. The Labute approximate surface area is 74.7 Å². The highest BCUT2D eigenvalue weighted by Crippen LogP contribution is 2.57. The van der Waals surface area contributed by atoms with Gasteiger partial charge in [0.05, 0.1) is 6.10 Å². The number of hydrogen-bond acceptors (Lipinski definition) is 2. The summed E-state index contributed by atoms with van der Waals surface area (Å²) < 4.78 is 5.73. The Hall–Kier alpha value is -0.0800. The minimum Gasteiger partial charge on any atom is -0.378 e. The third kappa shape index (κ3) is 0.944. The van der Waals surface area contributed by atoms with E-state index in [-0.39, 0.29) is 0 Å². The fourth-order valence-corrected chi connectivity index (χ4v) is 2.84. The third-order valence-electron chi connectivity index (χ3n) is 3.79. The van der Waals surface area contributed by atoms with E-state index in [9.17, 15) is 0 Å². The van der Waals surface area contributed by atoms with Gasteiger partial charge < -0.3 is 10.1 Å². The van der Waals surface area contributed by atoms with Gasteiger partial charge in [0, 0.05) is 18.1 Å². The summed E-state index contributed by atoms with van der Waals surface area (Å²) in [6, 6.07) is 0.739. The van der Waals surface area contributed by atoms with Crippen LogP contribution in [0.4, 0.5) is 0 Å². The van der Waals surface area contributed by atoms with Gasteiger partial charge >= 0.3 is 0 Å². The van der Waals surface area contributed by atoms with Crippen molar-refractivity contribution in [2.24, 2.45) is 5.41 Å². The van der Waals surface area contributed by atoms with Gasteiger partial charge in [-0.1, -0.05) is 6.42 Å². The van der Waals surface area contributed by atoms with Gasteiger partial charge in [-0.2, -0.15) is 0 Å². The lowest BCUT2D eigenvalue weighted by Crippen LogP contribution is -2.66. The van der Waals surface area contributed by atoms with Crippen molar-refractivity contribution in [2.45, 2.75) is 44.8 Å². The summed E-state index contributed by atoms with van der Waals surface area (Å²) in [6.07, 6.45) is 5.95. The molecule has 2 rings (SSSR count). The summed E-state index contributed by atoms with van der Waals surface area (Å²) in [5, 5.41) is 3.40. The second-order valence-corrected chi connectivity index (χ2v) is 4.11. The summed E-state index contributed by atoms with van der Waals surface area (Å²) in [7, 11) is 2.08. The molecular weight excluding hydrogens is 150 g/mol. The Morgan fingerprint density at radius 3 is 2.67 bits per heavy atom. The van der Waals surface area contributed by atoms with Crippen molar-refractivity contribution in [2.75, 3.05) is 13.7 Å². The van der Waals surface area contributed by atoms with E-state index < -0.39 is 0 Å². The molecule has 2 fully saturated rings. The molecule has 0 saturated heterocycles. The predicted octanol–water partition coefficient (Wildman–Crippen LogP) is 1.55.